The molecule has 0 unspecified atom stereocenters. The van der Waals surface area contributed by atoms with E-state index in [9.17, 15) is 0 Å². The molecule has 1 aromatic carbocycles. The molecule has 0 N–H and O–H groups in total. The summed E-state index contributed by atoms with van der Waals surface area (Å²) >= 11 is 0. The molecule has 0 amide bonds. The highest BCUT2D eigenvalue weighted by atomic mass is 16.6. The zero-order valence-corrected chi connectivity index (χ0v) is 13.4. The summed E-state index contributed by atoms with van der Waals surface area (Å²) in [5.74, 6) is 0.461. The third kappa shape index (κ3) is 4.55. The molecule has 5 nitrogen and oxygen atoms in total. The molecule has 1 heterocycles. The number of hydrogen-bond acceptors (Lipinski definition) is 5. The van der Waals surface area contributed by atoms with Crippen LogP contribution in [-0.4, -0.2) is 23.3 Å². The van der Waals surface area contributed by atoms with Crippen molar-refractivity contribution in [2.24, 2.45) is 5.16 Å². The fourth-order valence-corrected chi connectivity index (χ4v) is 1.82. The van der Waals surface area contributed by atoms with Gasteiger partial charge in [-0.15, -0.1) is 0 Å². The first-order valence-electron chi connectivity index (χ1n) is 7.10. The van der Waals surface area contributed by atoms with E-state index in [2.05, 4.69) is 48.0 Å². The molecule has 0 saturated heterocycles. The molecular formula is C17H21N3O2. The molecular weight excluding hydrogens is 278 g/mol. The first-order chi connectivity index (χ1) is 10.5. The quantitative estimate of drug-likeness (QED) is 0.627. The number of ether oxygens (including phenoxy) is 1. The number of methoxy groups -OCH3 is 1. The number of hydrogen-bond donors (Lipinski definition) is 0. The van der Waals surface area contributed by atoms with Crippen LogP contribution < -0.4 is 4.74 Å². The van der Waals surface area contributed by atoms with Crippen LogP contribution in [0.5, 0.6) is 5.88 Å². The van der Waals surface area contributed by atoms with E-state index in [0.29, 0.717) is 11.6 Å². The van der Waals surface area contributed by atoms with Gasteiger partial charge in [0.1, 0.15) is 5.69 Å². The summed E-state index contributed by atoms with van der Waals surface area (Å²) < 4.78 is 5.00. The monoisotopic (exact) mass is 299 g/mol. The molecule has 0 spiro atoms. The van der Waals surface area contributed by atoms with Gasteiger partial charge >= 0.3 is 0 Å². The van der Waals surface area contributed by atoms with E-state index in [-0.39, 0.29) is 12.0 Å². The Balaban J connectivity index is 1.89. The second-order valence-electron chi connectivity index (χ2n) is 5.93. The maximum Gasteiger partial charge on any atom is 0.232 e. The lowest BCUT2D eigenvalue weighted by Gasteiger charge is -2.18. The zero-order chi connectivity index (χ0) is 16.0. The Labute approximate surface area is 131 Å². The van der Waals surface area contributed by atoms with Gasteiger partial charge in [-0.05, 0) is 16.5 Å². The predicted molar refractivity (Wildman–Crippen MR) is 86.1 cm³/mol. The van der Waals surface area contributed by atoms with Crippen LogP contribution in [0.25, 0.3) is 0 Å². The van der Waals surface area contributed by atoms with Crippen LogP contribution in [0.4, 0.5) is 0 Å². The van der Waals surface area contributed by atoms with E-state index in [4.69, 9.17) is 9.57 Å². The molecule has 0 bridgehead atoms. The summed E-state index contributed by atoms with van der Waals surface area (Å²) in [7, 11) is 1.55. The Morgan fingerprint density at radius 1 is 1.14 bits per heavy atom. The highest BCUT2D eigenvalue weighted by Gasteiger charge is 2.12. The lowest BCUT2D eigenvalue weighted by Crippen LogP contribution is -2.10. The van der Waals surface area contributed by atoms with Crippen LogP contribution in [0.1, 0.15) is 37.6 Å². The van der Waals surface area contributed by atoms with Gasteiger partial charge in [0.05, 0.1) is 25.7 Å². The third-order valence-corrected chi connectivity index (χ3v) is 3.14. The van der Waals surface area contributed by atoms with E-state index in [1.54, 1.807) is 25.7 Å². The van der Waals surface area contributed by atoms with Gasteiger partial charge in [0.2, 0.25) is 5.88 Å². The lowest BCUT2D eigenvalue weighted by atomic mass is 9.87. The van der Waals surface area contributed by atoms with Crippen molar-refractivity contribution in [3.8, 4) is 5.88 Å². The number of rotatable bonds is 5. The molecule has 0 radical (unpaired) electrons. The van der Waals surface area contributed by atoms with Crippen molar-refractivity contribution in [2.45, 2.75) is 32.8 Å². The summed E-state index contributed by atoms with van der Waals surface area (Å²) in [4.78, 5) is 13.4. The molecule has 0 atom stereocenters. The van der Waals surface area contributed by atoms with Gasteiger partial charge < -0.3 is 9.57 Å². The van der Waals surface area contributed by atoms with Gasteiger partial charge in [0.15, 0.2) is 6.61 Å². The second kappa shape index (κ2) is 7.02. The Morgan fingerprint density at radius 2 is 1.86 bits per heavy atom. The molecule has 1 aromatic heterocycles. The molecule has 0 aliphatic rings. The predicted octanol–water partition coefficient (Wildman–Crippen LogP) is 3.33. The van der Waals surface area contributed by atoms with Crippen molar-refractivity contribution in [1.29, 1.82) is 0 Å². The molecule has 116 valence electrons. The van der Waals surface area contributed by atoms with Gasteiger partial charge in [0.25, 0.3) is 0 Å². The van der Waals surface area contributed by atoms with Gasteiger partial charge in [-0.3, -0.25) is 4.98 Å². The Morgan fingerprint density at radius 3 is 2.50 bits per heavy atom. The van der Waals surface area contributed by atoms with Gasteiger partial charge in [0, 0.05) is 0 Å². The maximum absolute atomic E-state index is 5.23. The van der Waals surface area contributed by atoms with Crippen LogP contribution in [-0.2, 0) is 16.9 Å². The minimum Gasteiger partial charge on any atom is -0.480 e. The third-order valence-electron chi connectivity index (χ3n) is 3.14. The van der Waals surface area contributed by atoms with Crippen LogP contribution in [0.3, 0.4) is 0 Å². The second-order valence-corrected chi connectivity index (χ2v) is 5.93. The molecule has 0 aliphatic carbocycles. The van der Waals surface area contributed by atoms with E-state index in [1.807, 2.05) is 12.1 Å². The normalized spacial score (nSPS) is 11.6. The molecule has 2 rings (SSSR count). The largest absolute Gasteiger partial charge is 0.480 e. The number of nitrogens with zero attached hydrogens (tertiary/aromatic N) is 3. The first-order valence-corrected chi connectivity index (χ1v) is 7.10. The fourth-order valence-electron chi connectivity index (χ4n) is 1.82. The van der Waals surface area contributed by atoms with Crippen LogP contribution >= 0.6 is 0 Å². The summed E-state index contributed by atoms with van der Waals surface area (Å²) in [5, 5.41) is 3.95. The molecule has 22 heavy (non-hydrogen) atoms. The van der Waals surface area contributed by atoms with E-state index in [1.165, 1.54) is 5.56 Å². The van der Waals surface area contributed by atoms with Crippen molar-refractivity contribution in [3.05, 3.63) is 53.5 Å². The minimum absolute atomic E-state index is 0.150. The first kappa shape index (κ1) is 15.9. The summed E-state index contributed by atoms with van der Waals surface area (Å²) in [6.07, 6.45) is 4.85. The van der Waals surface area contributed by atoms with Crippen molar-refractivity contribution in [2.75, 3.05) is 7.11 Å². The van der Waals surface area contributed by atoms with Crippen LogP contribution in [0.15, 0.2) is 41.8 Å². The van der Waals surface area contributed by atoms with Crippen molar-refractivity contribution >= 4 is 6.21 Å². The average molecular weight is 299 g/mol. The molecule has 2 aromatic rings. The smallest absolute Gasteiger partial charge is 0.232 e. The van der Waals surface area contributed by atoms with E-state index in [0.717, 1.165) is 5.56 Å². The summed E-state index contributed by atoms with van der Waals surface area (Å²) in [5.41, 5.74) is 3.10. The number of aromatic nitrogens is 2. The van der Waals surface area contributed by atoms with Crippen LogP contribution in [0, 0.1) is 0 Å². The maximum atomic E-state index is 5.23. The Kier molecular flexibility index (Phi) is 5.09. The molecule has 0 saturated carbocycles. The minimum atomic E-state index is 0.150. The number of oxime groups is 1. The lowest BCUT2D eigenvalue weighted by molar-refractivity contribution is 0.128. The average Bonchev–Trinajstić information content (AvgIpc) is 2.51. The van der Waals surface area contributed by atoms with Crippen molar-refractivity contribution in [3.63, 3.8) is 0 Å². The van der Waals surface area contributed by atoms with Gasteiger partial charge in [-0.1, -0.05) is 50.2 Å². The van der Waals surface area contributed by atoms with Gasteiger partial charge in [-0.2, -0.15) is 0 Å². The molecule has 5 heteroatoms. The Hall–Kier alpha value is -2.43. The topological polar surface area (TPSA) is 56.6 Å². The van der Waals surface area contributed by atoms with Gasteiger partial charge in [-0.25, -0.2) is 4.98 Å². The highest BCUT2D eigenvalue weighted by Crippen LogP contribution is 2.21. The molecule has 0 fully saturated rings. The SMILES string of the molecule is COc1cncc(CO/N=C/c2ccc(C(C)(C)C)cc2)n1. The summed E-state index contributed by atoms with van der Waals surface area (Å²) in [6, 6.07) is 8.27. The van der Waals surface area contributed by atoms with E-state index >= 15 is 0 Å². The van der Waals surface area contributed by atoms with Crippen LogP contribution in [0.2, 0.25) is 0 Å². The van der Waals surface area contributed by atoms with E-state index < -0.39 is 0 Å². The standard InChI is InChI=1S/C17H21N3O2/c1-17(2,3)14-7-5-13(6-8-14)9-19-22-12-15-10-18-11-16(20-15)21-4/h5-11H,12H2,1-4H3/b19-9+. The zero-order valence-electron chi connectivity index (χ0n) is 13.4. The van der Waals surface area contributed by atoms with Crippen molar-refractivity contribution < 1.29 is 9.57 Å². The van der Waals surface area contributed by atoms with Crippen molar-refractivity contribution in [1.82, 2.24) is 9.97 Å². The summed E-state index contributed by atoms with van der Waals surface area (Å²) in [6.45, 7) is 6.82. The fraction of sp³-hybridized carbons (Fsp3) is 0.353. The number of benzene rings is 1. The highest BCUT2D eigenvalue weighted by molar-refractivity contribution is 5.79. The Bertz CT molecular complexity index is 631. The molecule has 0 aliphatic heterocycles.